The maximum atomic E-state index is 10.3. The van der Waals surface area contributed by atoms with Crippen LogP contribution in [0.3, 0.4) is 0 Å². The minimum Gasteiger partial charge on any atom is -0.500 e. The number of hydrogen-bond donors (Lipinski definition) is 0. The molecule has 59 heavy (non-hydrogen) atoms. The topological polar surface area (TPSA) is 38.9 Å². The molecule has 8 aromatic rings. The average molecular weight is 962 g/mol. The van der Waals surface area contributed by atoms with E-state index in [0.29, 0.717) is 33.7 Å². The third kappa shape index (κ3) is 8.72. The van der Waals surface area contributed by atoms with Crippen molar-refractivity contribution in [3.8, 4) is 33.6 Å². The van der Waals surface area contributed by atoms with E-state index < -0.39 is 31.4 Å². The average Bonchev–Trinajstić information content (AvgIpc) is 3.67. The van der Waals surface area contributed by atoms with Crippen LogP contribution in [0.2, 0.25) is 0 Å². The van der Waals surface area contributed by atoms with Gasteiger partial charge in [0.15, 0.2) is 0 Å². The number of nitrogens with zero attached hydrogens (tertiary/aromatic N) is 2. The number of rotatable bonds is 5. The zero-order valence-corrected chi connectivity index (χ0v) is 37.2. The van der Waals surface area contributed by atoms with E-state index in [1.807, 2.05) is 81.4 Å². The number of fused-ring (bicyclic) bond motifs is 5. The van der Waals surface area contributed by atoms with Gasteiger partial charge in [0.2, 0.25) is 0 Å². The van der Waals surface area contributed by atoms with Crippen LogP contribution in [0.25, 0.3) is 66.4 Å². The van der Waals surface area contributed by atoms with E-state index in [0.717, 1.165) is 63.1 Å². The van der Waals surface area contributed by atoms with Gasteiger partial charge in [-0.25, -0.2) is 0 Å². The fourth-order valence-electron chi connectivity index (χ4n) is 8.88. The maximum absolute atomic E-state index is 10.3. The first-order chi connectivity index (χ1) is 31.3. The van der Waals surface area contributed by atoms with Crippen molar-refractivity contribution >= 4 is 32.7 Å². The molecule has 1 aliphatic carbocycles. The summed E-state index contributed by atoms with van der Waals surface area (Å²) in [5.41, 5.74) is 5.64. The van der Waals surface area contributed by atoms with Crippen molar-refractivity contribution in [3.05, 3.63) is 156 Å². The van der Waals surface area contributed by atoms with E-state index in [4.69, 9.17) is 17.6 Å². The molecule has 303 valence electrons. The van der Waals surface area contributed by atoms with Gasteiger partial charge in [-0.1, -0.05) is 163 Å². The van der Waals surface area contributed by atoms with Crippen LogP contribution in [0.4, 0.5) is 0 Å². The Balaban J connectivity index is 0.000000219. The number of pyridine rings is 2. The molecule has 0 unspecified atom stereocenters. The summed E-state index contributed by atoms with van der Waals surface area (Å²) in [6.07, 6.45) is 4.19. The van der Waals surface area contributed by atoms with Gasteiger partial charge >= 0.3 is 0 Å². The third-order valence-electron chi connectivity index (χ3n) is 11.3. The molecule has 3 nitrogen and oxygen atoms in total. The van der Waals surface area contributed by atoms with Gasteiger partial charge in [0.05, 0.1) is 5.58 Å². The second kappa shape index (κ2) is 16.6. The Labute approximate surface area is 377 Å². The van der Waals surface area contributed by atoms with Gasteiger partial charge in [0.1, 0.15) is 5.58 Å². The molecule has 3 heterocycles. The Kier molecular flexibility index (Phi) is 9.01. The molecule has 5 aromatic carbocycles. The second-order valence-corrected chi connectivity index (χ2v) is 17.8. The van der Waals surface area contributed by atoms with Crippen LogP contribution < -0.4 is 0 Å². The number of aryl methyl sites for hydroxylation is 2. The third-order valence-corrected chi connectivity index (χ3v) is 11.3. The van der Waals surface area contributed by atoms with Crippen molar-refractivity contribution in [2.45, 2.75) is 93.7 Å². The fraction of sp³-hybridized carbons (Fsp3) is 0.309. The molecule has 4 heteroatoms. The molecule has 0 aliphatic heterocycles. The van der Waals surface area contributed by atoms with Gasteiger partial charge in [-0.2, -0.15) is 0 Å². The Hall–Kier alpha value is -4.89. The minimum absolute atomic E-state index is 0. The monoisotopic (exact) mass is 962 g/mol. The molecule has 0 spiro atoms. The molecule has 0 atom stereocenters. The summed E-state index contributed by atoms with van der Waals surface area (Å²) in [4.78, 5) is 9.09. The SMILES string of the molecule is [2H]C([2H])([2H])c1ccc(-c2[c-]cc(C([2H])([2H])[2H])c(-c3ccccc3)c2)nc1.[2H]C([2H])(c1cnc(-c2[c-]ccc3c2oc2c4ccccc4ccc32)cc1C1([2H])C(C)(C)CCCC1(C)C)C(C)(C)C.[Ir]. The van der Waals surface area contributed by atoms with Crippen LogP contribution in [0.1, 0.15) is 108 Å². The van der Waals surface area contributed by atoms with Crippen LogP contribution in [0, 0.1) is 42.1 Å². The van der Waals surface area contributed by atoms with Gasteiger partial charge in [-0.05, 0) is 87.2 Å². The van der Waals surface area contributed by atoms with Crippen molar-refractivity contribution in [3.63, 3.8) is 0 Å². The van der Waals surface area contributed by atoms with E-state index in [1.165, 1.54) is 18.3 Å². The summed E-state index contributed by atoms with van der Waals surface area (Å²) in [6.45, 7) is 9.99. The first kappa shape index (κ1) is 32.0. The molecular weight excluding hydrogens is 897 g/mol. The zero-order valence-electron chi connectivity index (χ0n) is 43.8. The first-order valence-corrected chi connectivity index (χ1v) is 20.1. The van der Waals surface area contributed by atoms with E-state index in [1.54, 1.807) is 18.3 Å². The van der Waals surface area contributed by atoms with E-state index in [9.17, 15) is 4.11 Å². The van der Waals surface area contributed by atoms with Crippen molar-refractivity contribution in [2.75, 3.05) is 0 Å². The van der Waals surface area contributed by atoms with E-state index in [-0.39, 0.29) is 42.1 Å². The van der Waals surface area contributed by atoms with Gasteiger partial charge < -0.3 is 14.4 Å². The van der Waals surface area contributed by atoms with Crippen molar-refractivity contribution in [1.82, 2.24) is 9.97 Å². The fourth-order valence-corrected chi connectivity index (χ4v) is 8.88. The van der Waals surface area contributed by atoms with Crippen LogP contribution >= 0.6 is 0 Å². The first-order valence-electron chi connectivity index (χ1n) is 24.6. The molecule has 0 bridgehead atoms. The number of aromatic nitrogens is 2. The Bertz CT molecular complexity index is 3100. The molecule has 0 N–H and O–H groups in total. The van der Waals surface area contributed by atoms with Crippen molar-refractivity contribution in [1.29, 1.82) is 0 Å². The normalized spacial score (nSPS) is 18.6. The molecule has 1 fully saturated rings. The number of hydrogen-bond acceptors (Lipinski definition) is 3. The van der Waals surface area contributed by atoms with Crippen molar-refractivity contribution < 1.29 is 36.9 Å². The Morgan fingerprint density at radius 3 is 2.22 bits per heavy atom. The van der Waals surface area contributed by atoms with Gasteiger partial charge in [-0.3, -0.25) is 0 Å². The maximum Gasteiger partial charge on any atom is 0.128 e. The van der Waals surface area contributed by atoms with Gasteiger partial charge in [-0.15, -0.1) is 47.5 Å². The molecular formula is C55H56IrN2O-2. The van der Waals surface area contributed by atoms with Crippen molar-refractivity contribution in [2.24, 2.45) is 16.2 Å². The van der Waals surface area contributed by atoms with Crippen LogP contribution in [-0.2, 0) is 26.5 Å². The summed E-state index contributed by atoms with van der Waals surface area (Å²) >= 11 is 0. The van der Waals surface area contributed by atoms with Crippen LogP contribution in [0.15, 0.2) is 126 Å². The summed E-state index contributed by atoms with van der Waals surface area (Å²) < 4.78 is 81.0. The van der Waals surface area contributed by atoms with E-state index >= 15 is 0 Å². The molecule has 1 radical (unpaired) electrons. The molecule has 0 amide bonds. The smallest absolute Gasteiger partial charge is 0.128 e. The Morgan fingerprint density at radius 2 is 1.51 bits per heavy atom. The predicted octanol–water partition coefficient (Wildman–Crippen LogP) is 15.3. The standard InChI is InChI=1S/C36H40NO.C19H16N.Ir/c1-34(2,3)21-24-22-37-30(20-29(24)33-35(4,5)18-11-19-36(33,6)7)28-15-10-14-26-27-17-16-23-12-8-9-13-25(23)31(27)38-32(26)28;1-14-8-11-19(20-13-14)17-10-9-15(2)18(12-17)16-6-4-3-5-7-16;/h8-10,12-14,16-17,20,22,33H,11,18-19,21H2,1-7H3;3-9,11-13H,1-2H3;/q2*-1;/i21D2,33D;1D3,2D3;. The molecule has 0 saturated heterocycles. The van der Waals surface area contributed by atoms with Gasteiger partial charge in [0, 0.05) is 55.6 Å². The summed E-state index contributed by atoms with van der Waals surface area (Å²) in [6, 6.07) is 40.3. The second-order valence-electron chi connectivity index (χ2n) is 17.8. The van der Waals surface area contributed by atoms with Gasteiger partial charge in [0.25, 0.3) is 0 Å². The summed E-state index contributed by atoms with van der Waals surface area (Å²) in [5, 5.41) is 4.22. The minimum atomic E-state index is -2.27. The molecule has 1 saturated carbocycles. The van der Waals surface area contributed by atoms with Crippen LogP contribution in [-0.4, -0.2) is 9.97 Å². The molecule has 3 aromatic heterocycles. The summed E-state index contributed by atoms with van der Waals surface area (Å²) in [7, 11) is 0. The molecule has 9 rings (SSSR count). The van der Waals surface area contributed by atoms with E-state index in [2.05, 4.69) is 69.1 Å². The predicted molar refractivity (Wildman–Crippen MR) is 244 cm³/mol. The Morgan fingerprint density at radius 1 is 0.780 bits per heavy atom. The number of benzene rings is 5. The van der Waals surface area contributed by atoms with Crippen LogP contribution in [0.5, 0.6) is 0 Å². The zero-order chi connectivity index (χ0) is 48.5. The summed E-state index contributed by atoms with van der Waals surface area (Å²) in [5.74, 6) is -1.04. The number of furan rings is 1. The largest absolute Gasteiger partial charge is 0.500 e. The quantitative estimate of drug-likeness (QED) is 0.161. The molecule has 1 aliphatic rings.